The Hall–Kier alpha value is -3.35. The molecule has 2 aromatic rings. The van der Waals surface area contributed by atoms with E-state index in [1.54, 1.807) is 29.3 Å². The van der Waals surface area contributed by atoms with Gasteiger partial charge in [-0.3, -0.25) is 14.5 Å². The maximum absolute atomic E-state index is 12.9. The molecule has 1 aliphatic heterocycles. The summed E-state index contributed by atoms with van der Waals surface area (Å²) in [6.07, 6.45) is 5.13. The Balaban J connectivity index is 1.55. The number of ketones is 1. The lowest BCUT2D eigenvalue weighted by Gasteiger charge is -2.16. The standard InChI is InChI=1S/C23H25N3O4/c1-24(2)13-17-7-5-6-16-12-18(9-10-20(16)22(17)28)26-15-19(30-23(26)29)14-25-11-4-3-8-21(25)27/h3-4,8-13,19H,5-7,14-15H2,1-2H3/b17-13-. The molecule has 4 rings (SSSR count). The molecule has 30 heavy (non-hydrogen) atoms. The first-order valence-corrected chi connectivity index (χ1v) is 10.1. The van der Waals surface area contributed by atoms with Gasteiger partial charge in [-0.1, -0.05) is 6.07 Å². The zero-order valence-corrected chi connectivity index (χ0v) is 17.2. The Morgan fingerprint density at radius 3 is 2.73 bits per heavy atom. The average molecular weight is 407 g/mol. The fourth-order valence-corrected chi connectivity index (χ4v) is 4.03. The zero-order valence-electron chi connectivity index (χ0n) is 17.2. The number of fused-ring (bicyclic) bond motifs is 1. The third-order valence-electron chi connectivity index (χ3n) is 5.42. The third-order valence-corrected chi connectivity index (χ3v) is 5.42. The maximum Gasteiger partial charge on any atom is 0.414 e. The van der Waals surface area contributed by atoms with E-state index in [0.717, 1.165) is 36.1 Å². The molecule has 7 nitrogen and oxygen atoms in total. The Morgan fingerprint density at radius 1 is 1.13 bits per heavy atom. The SMILES string of the molecule is CN(C)/C=C1/CCCc2cc(N3CC(Cn4ccccc4=O)OC3=O)ccc2C1=O. The van der Waals surface area contributed by atoms with E-state index >= 15 is 0 Å². The minimum absolute atomic E-state index is 0.0491. The first-order valence-electron chi connectivity index (χ1n) is 10.1. The summed E-state index contributed by atoms with van der Waals surface area (Å²) in [5, 5.41) is 0. The van der Waals surface area contributed by atoms with E-state index in [0.29, 0.717) is 18.7 Å². The van der Waals surface area contributed by atoms with Crippen molar-refractivity contribution in [3.05, 3.63) is 75.8 Å². The number of rotatable bonds is 4. The van der Waals surface area contributed by atoms with Crippen LogP contribution in [0, 0.1) is 0 Å². The third kappa shape index (κ3) is 4.01. The highest BCUT2D eigenvalue weighted by atomic mass is 16.6. The van der Waals surface area contributed by atoms with Crippen LogP contribution in [-0.2, 0) is 17.7 Å². The Morgan fingerprint density at radius 2 is 1.97 bits per heavy atom. The molecule has 7 heteroatoms. The zero-order chi connectivity index (χ0) is 21.3. The van der Waals surface area contributed by atoms with Gasteiger partial charge in [0.05, 0.1) is 13.1 Å². The molecular formula is C23H25N3O4. The van der Waals surface area contributed by atoms with Crippen molar-refractivity contribution in [2.75, 3.05) is 25.5 Å². The molecule has 0 radical (unpaired) electrons. The van der Waals surface area contributed by atoms with Crippen LogP contribution in [0.25, 0.3) is 0 Å². The summed E-state index contributed by atoms with van der Waals surface area (Å²) in [6, 6.07) is 10.5. The minimum atomic E-state index is -0.433. The number of ether oxygens (including phenoxy) is 1. The topological polar surface area (TPSA) is 71.8 Å². The van der Waals surface area contributed by atoms with Gasteiger partial charge in [-0.25, -0.2) is 4.79 Å². The van der Waals surface area contributed by atoms with Gasteiger partial charge in [0.1, 0.15) is 6.10 Å². The summed E-state index contributed by atoms with van der Waals surface area (Å²) in [4.78, 5) is 40.8. The van der Waals surface area contributed by atoms with Crippen LogP contribution in [0.3, 0.4) is 0 Å². The number of aryl methyl sites for hydroxylation is 1. The summed E-state index contributed by atoms with van der Waals surface area (Å²) < 4.78 is 7.02. The second kappa shape index (κ2) is 8.18. The van der Waals surface area contributed by atoms with Crippen molar-refractivity contribution in [1.29, 1.82) is 0 Å². The van der Waals surface area contributed by atoms with E-state index < -0.39 is 12.2 Å². The molecule has 1 aliphatic carbocycles. The molecule has 1 saturated heterocycles. The number of carbonyl (C=O) groups is 2. The van der Waals surface area contributed by atoms with E-state index in [-0.39, 0.29) is 11.3 Å². The number of hydrogen-bond acceptors (Lipinski definition) is 5. The molecule has 0 spiro atoms. The van der Waals surface area contributed by atoms with Gasteiger partial charge >= 0.3 is 6.09 Å². The summed E-state index contributed by atoms with van der Waals surface area (Å²) >= 11 is 0. The highest BCUT2D eigenvalue weighted by Crippen LogP contribution is 2.30. The van der Waals surface area contributed by atoms with Gasteiger partial charge < -0.3 is 14.2 Å². The molecule has 2 heterocycles. The second-order valence-electron chi connectivity index (χ2n) is 7.95. The predicted molar refractivity (Wildman–Crippen MR) is 114 cm³/mol. The molecule has 1 atom stereocenters. The minimum Gasteiger partial charge on any atom is -0.442 e. The lowest BCUT2D eigenvalue weighted by molar-refractivity contribution is 0.103. The Kier molecular flexibility index (Phi) is 5.44. The summed E-state index contributed by atoms with van der Waals surface area (Å²) in [6.45, 7) is 0.669. The van der Waals surface area contributed by atoms with Gasteiger partial charge in [0.25, 0.3) is 5.56 Å². The van der Waals surface area contributed by atoms with Gasteiger partial charge in [0.2, 0.25) is 0 Å². The van der Waals surface area contributed by atoms with Crippen LogP contribution in [0.15, 0.2) is 59.2 Å². The van der Waals surface area contributed by atoms with E-state index in [4.69, 9.17) is 4.74 Å². The molecule has 1 aromatic carbocycles. The molecule has 1 aromatic heterocycles. The van der Waals surface area contributed by atoms with Crippen molar-refractivity contribution in [2.24, 2.45) is 0 Å². The number of carbonyl (C=O) groups excluding carboxylic acids is 2. The molecule has 0 bridgehead atoms. The number of aromatic nitrogens is 1. The van der Waals surface area contributed by atoms with Gasteiger partial charge in [0, 0.05) is 49.4 Å². The van der Waals surface area contributed by atoms with Crippen LogP contribution >= 0.6 is 0 Å². The molecule has 0 N–H and O–H groups in total. The van der Waals surface area contributed by atoms with E-state index in [9.17, 15) is 14.4 Å². The molecule has 1 amide bonds. The predicted octanol–water partition coefficient (Wildman–Crippen LogP) is 2.84. The molecule has 1 fully saturated rings. The van der Waals surface area contributed by atoms with Crippen molar-refractivity contribution >= 4 is 17.6 Å². The first-order chi connectivity index (χ1) is 14.4. The van der Waals surface area contributed by atoms with Gasteiger partial charge in [-0.2, -0.15) is 0 Å². The van der Waals surface area contributed by atoms with Crippen LogP contribution < -0.4 is 10.5 Å². The first kappa shape index (κ1) is 19.9. The number of anilines is 1. The number of hydrogen-bond donors (Lipinski definition) is 0. The van der Waals surface area contributed by atoms with Gasteiger partial charge in [-0.15, -0.1) is 0 Å². The van der Waals surface area contributed by atoms with E-state index in [1.807, 2.05) is 37.3 Å². The Labute approximate surface area is 175 Å². The van der Waals surface area contributed by atoms with Crippen LogP contribution in [0.1, 0.15) is 28.8 Å². The van der Waals surface area contributed by atoms with Crippen molar-refractivity contribution in [1.82, 2.24) is 9.47 Å². The van der Waals surface area contributed by atoms with Crippen molar-refractivity contribution in [2.45, 2.75) is 31.9 Å². The van der Waals surface area contributed by atoms with Crippen LogP contribution in [0.5, 0.6) is 0 Å². The number of cyclic esters (lactones) is 1. The fraction of sp³-hybridized carbons (Fsp3) is 0.348. The second-order valence-corrected chi connectivity index (χ2v) is 7.95. The number of amides is 1. The monoisotopic (exact) mass is 407 g/mol. The van der Waals surface area contributed by atoms with E-state index in [1.165, 1.54) is 10.6 Å². The lowest BCUT2D eigenvalue weighted by Crippen LogP contribution is -2.29. The number of nitrogens with zero attached hydrogens (tertiary/aromatic N) is 3. The fourth-order valence-electron chi connectivity index (χ4n) is 4.03. The molecule has 0 saturated carbocycles. The van der Waals surface area contributed by atoms with Crippen LogP contribution in [0.2, 0.25) is 0 Å². The summed E-state index contributed by atoms with van der Waals surface area (Å²) in [7, 11) is 3.82. The highest BCUT2D eigenvalue weighted by molar-refractivity contribution is 6.10. The molecule has 156 valence electrons. The van der Waals surface area contributed by atoms with Gasteiger partial charge in [0.15, 0.2) is 5.78 Å². The lowest BCUT2D eigenvalue weighted by atomic mass is 9.99. The van der Waals surface area contributed by atoms with Gasteiger partial charge in [-0.05, 0) is 49.1 Å². The number of benzene rings is 1. The number of Topliss-reactive ketones (excluding diaryl/α,β-unsaturated/α-hetero) is 1. The average Bonchev–Trinajstić information content (AvgIpc) is 3.00. The van der Waals surface area contributed by atoms with Crippen molar-refractivity contribution in [3.8, 4) is 0 Å². The normalized spacial score (nSPS) is 20.1. The molecular weight excluding hydrogens is 382 g/mol. The summed E-state index contributed by atoms with van der Waals surface area (Å²) in [5.74, 6) is 0.0491. The van der Waals surface area contributed by atoms with E-state index in [2.05, 4.69) is 0 Å². The largest absolute Gasteiger partial charge is 0.442 e. The molecule has 2 aliphatic rings. The summed E-state index contributed by atoms with van der Waals surface area (Å²) in [5.41, 5.74) is 3.05. The molecule has 1 unspecified atom stereocenters. The number of pyridine rings is 1. The van der Waals surface area contributed by atoms with Crippen molar-refractivity contribution < 1.29 is 14.3 Å². The smallest absolute Gasteiger partial charge is 0.414 e. The Bertz CT molecular complexity index is 1070. The highest BCUT2D eigenvalue weighted by Gasteiger charge is 2.33. The van der Waals surface area contributed by atoms with Crippen LogP contribution in [-0.4, -0.2) is 48.1 Å². The van der Waals surface area contributed by atoms with Crippen molar-refractivity contribution in [3.63, 3.8) is 0 Å². The maximum atomic E-state index is 12.9. The van der Waals surface area contributed by atoms with Crippen LogP contribution in [0.4, 0.5) is 10.5 Å². The number of allylic oxidation sites excluding steroid dienone is 1. The quantitative estimate of drug-likeness (QED) is 0.576.